The Morgan fingerprint density at radius 3 is 2.38 bits per heavy atom. The molecular weight excluding hydrogens is 284 g/mol. The molecular formula is C17H19ClN2O. The monoisotopic (exact) mass is 302 g/mol. The number of aliphatic imine (C=N–C) groups is 1. The van der Waals surface area contributed by atoms with E-state index in [-0.39, 0.29) is 5.75 Å². The molecule has 4 heteroatoms. The van der Waals surface area contributed by atoms with E-state index < -0.39 is 0 Å². The summed E-state index contributed by atoms with van der Waals surface area (Å²) in [5.41, 5.74) is 2.64. The van der Waals surface area contributed by atoms with Gasteiger partial charge in [0.15, 0.2) is 0 Å². The van der Waals surface area contributed by atoms with Gasteiger partial charge in [-0.1, -0.05) is 23.7 Å². The van der Waals surface area contributed by atoms with Gasteiger partial charge in [0.25, 0.3) is 0 Å². The third kappa shape index (κ3) is 3.99. The lowest BCUT2D eigenvalue weighted by atomic mass is 10.2. The van der Waals surface area contributed by atoms with Crippen molar-refractivity contribution >= 4 is 29.2 Å². The Morgan fingerprint density at radius 2 is 1.76 bits per heavy atom. The molecule has 0 saturated carbocycles. The van der Waals surface area contributed by atoms with Crippen molar-refractivity contribution in [2.45, 2.75) is 13.8 Å². The minimum atomic E-state index is 0.121. The van der Waals surface area contributed by atoms with E-state index in [1.54, 1.807) is 24.4 Å². The standard InChI is InChI=1S/C17H19ClN2O/c1-3-20(4-2)15-8-5-13(6-9-15)12-19-16-11-14(18)7-10-17(16)21/h5-12,21H,3-4H2,1-2H3/b19-12+. The van der Waals surface area contributed by atoms with Gasteiger partial charge in [0.2, 0.25) is 0 Å². The van der Waals surface area contributed by atoms with Gasteiger partial charge in [-0.2, -0.15) is 0 Å². The summed E-state index contributed by atoms with van der Waals surface area (Å²) in [7, 11) is 0. The number of nitrogens with zero attached hydrogens (tertiary/aromatic N) is 2. The Labute approximate surface area is 130 Å². The first-order valence-electron chi connectivity index (χ1n) is 7.01. The minimum absolute atomic E-state index is 0.121. The van der Waals surface area contributed by atoms with Crippen LogP contribution in [-0.2, 0) is 0 Å². The topological polar surface area (TPSA) is 35.8 Å². The van der Waals surface area contributed by atoms with E-state index in [1.165, 1.54) is 5.69 Å². The third-order valence-electron chi connectivity index (χ3n) is 3.31. The smallest absolute Gasteiger partial charge is 0.141 e. The van der Waals surface area contributed by atoms with Gasteiger partial charge in [-0.15, -0.1) is 0 Å². The van der Waals surface area contributed by atoms with Crippen molar-refractivity contribution in [3.05, 3.63) is 53.1 Å². The molecule has 0 fully saturated rings. The highest BCUT2D eigenvalue weighted by atomic mass is 35.5. The number of rotatable bonds is 5. The molecule has 0 aliphatic rings. The SMILES string of the molecule is CCN(CC)c1ccc(/C=N/c2cc(Cl)ccc2O)cc1. The lowest BCUT2D eigenvalue weighted by Gasteiger charge is -2.20. The predicted molar refractivity (Wildman–Crippen MR) is 90.4 cm³/mol. The molecule has 21 heavy (non-hydrogen) atoms. The molecule has 110 valence electrons. The molecule has 0 bridgehead atoms. The molecule has 0 saturated heterocycles. The molecule has 1 N–H and O–H groups in total. The summed E-state index contributed by atoms with van der Waals surface area (Å²) >= 11 is 5.90. The number of phenols is 1. The van der Waals surface area contributed by atoms with Crippen molar-refractivity contribution in [2.24, 2.45) is 4.99 Å². The molecule has 2 aromatic rings. The van der Waals surface area contributed by atoms with Gasteiger partial charge in [-0.05, 0) is 49.7 Å². The zero-order valence-electron chi connectivity index (χ0n) is 12.3. The highest BCUT2D eigenvalue weighted by Crippen LogP contribution is 2.29. The highest BCUT2D eigenvalue weighted by Gasteiger charge is 2.01. The number of halogens is 1. The van der Waals surface area contributed by atoms with Gasteiger partial charge < -0.3 is 10.0 Å². The van der Waals surface area contributed by atoms with Crippen LogP contribution >= 0.6 is 11.6 Å². The van der Waals surface area contributed by atoms with Crippen LogP contribution in [0, 0.1) is 0 Å². The number of hydrogen-bond donors (Lipinski definition) is 1. The van der Waals surface area contributed by atoms with E-state index in [0.717, 1.165) is 18.7 Å². The van der Waals surface area contributed by atoms with Crippen molar-refractivity contribution in [3.8, 4) is 5.75 Å². The molecule has 3 nitrogen and oxygen atoms in total. The number of phenolic OH excluding ortho intramolecular Hbond substituents is 1. The second kappa shape index (κ2) is 7.14. The number of hydrogen-bond acceptors (Lipinski definition) is 3. The molecule has 0 aromatic heterocycles. The van der Waals surface area contributed by atoms with Crippen molar-refractivity contribution in [1.82, 2.24) is 0 Å². The van der Waals surface area contributed by atoms with E-state index in [2.05, 4.69) is 35.9 Å². The lowest BCUT2D eigenvalue weighted by Crippen LogP contribution is -2.21. The fraction of sp³-hybridized carbons (Fsp3) is 0.235. The molecule has 0 aliphatic carbocycles. The Morgan fingerprint density at radius 1 is 1.10 bits per heavy atom. The van der Waals surface area contributed by atoms with Crippen LogP contribution < -0.4 is 4.90 Å². The van der Waals surface area contributed by atoms with Gasteiger partial charge in [0, 0.05) is 30.0 Å². The van der Waals surface area contributed by atoms with Gasteiger partial charge >= 0.3 is 0 Å². The summed E-state index contributed by atoms with van der Waals surface area (Å²) in [5, 5.41) is 10.3. The number of anilines is 1. The largest absolute Gasteiger partial charge is 0.506 e. The van der Waals surface area contributed by atoms with Gasteiger partial charge in [0.05, 0.1) is 0 Å². The quantitative estimate of drug-likeness (QED) is 0.817. The summed E-state index contributed by atoms with van der Waals surface area (Å²) in [4.78, 5) is 6.56. The van der Waals surface area contributed by atoms with Crippen LogP contribution in [-0.4, -0.2) is 24.4 Å². The van der Waals surface area contributed by atoms with E-state index in [9.17, 15) is 5.11 Å². The van der Waals surface area contributed by atoms with E-state index >= 15 is 0 Å². The second-order valence-corrected chi connectivity index (χ2v) is 5.09. The fourth-order valence-corrected chi connectivity index (χ4v) is 2.27. The van der Waals surface area contributed by atoms with Crippen molar-refractivity contribution < 1.29 is 5.11 Å². The first kappa shape index (κ1) is 15.4. The first-order valence-corrected chi connectivity index (χ1v) is 7.39. The summed E-state index contributed by atoms with van der Waals surface area (Å²) in [6, 6.07) is 13.0. The zero-order valence-corrected chi connectivity index (χ0v) is 13.0. The molecule has 2 aromatic carbocycles. The van der Waals surface area contributed by atoms with Crippen LogP contribution in [0.15, 0.2) is 47.5 Å². The molecule has 0 radical (unpaired) electrons. The molecule has 0 spiro atoms. The Kier molecular flexibility index (Phi) is 5.23. The third-order valence-corrected chi connectivity index (χ3v) is 3.55. The Hall–Kier alpha value is -2.00. The van der Waals surface area contributed by atoms with Crippen LogP contribution in [0.3, 0.4) is 0 Å². The van der Waals surface area contributed by atoms with Gasteiger partial charge in [0.1, 0.15) is 11.4 Å². The van der Waals surface area contributed by atoms with Crippen molar-refractivity contribution in [3.63, 3.8) is 0 Å². The van der Waals surface area contributed by atoms with Gasteiger partial charge in [-0.3, -0.25) is 4.99 Å². The van der Waals surface area contributed by atoms with Crippen LogP contribution in [0.5, 0.6) is 5.75 Å². The molecule has 0 unspecified atom stereocenters. The average Bonchev–Trinajstić information content (AvgIpc) is 2.51. The van der Waals surface area contributed by atoms with Crippen molar-refractivity contribution in [2.75, 3.05) is 18.0 Å². The average molecular weight is 303 g/mol. The lowest BCUT2D eigenvalue weighted by molar-refractivity contribution is 0.477. The zero-order chi connectivity index (χ0) is 15.2. The number of aromatic hydroxyl groups is 1. The second-order valence-electron chi connectivity index (χ2n) is 4.66. The summed E-state index contributed by atoms with van der Waals surface area (Å²) in [6.07, 6.45) is 1.72. The maximum Gasteiger partial charge on any atom is 0.141 e. The molecule has 0 heterocycles. The molecule has 0 amide bonds. The maximum absolute atomic E-state index is 9.71. The molecule has 2 rings (SSSR count). The first-order chi connectivity index (χ1) is 10.1. The van der Waals surface area contributed by atoms with Crippen LogP contribution in [0.1, 0.15) is 19.4 Å². The van der Waals surface area contributed by atoms with Crippen LogP contribution in [0.4, 0.5) is 11.4 Å². The summed E-state index contributed by atoms with van der Waals surface area (Å²) < 4.78 is 0. The highest BCUT2D eigenvalue weighted by molar-refractivity contribution is 6.30. The molecule has 0 aliphatic heterocycles. The van der Waals surface area contributed by atoms with Crippen LogP contribution in [0.25, 0.3) is 0 Å². The predicted octanol–water partition coefficient (Wildman–Crippen LogP) is 4.64. The van der Waals surface area contributed by atoms with E-state index in [0.29, 0.717) is 10.7 Å². The molecule has 0 atom stereocenters. The Bertz CT molecular complexity index is 619. The fourth-order valence-electron chi connectivity index (χ4n) is 2.10. The normalized spacial score (nSPS) is 11.0. The van der Waals surface area contributed by atoms with Crippen molar-refractivity contribution in [1.29, 1.82) is 0 Å². The van der Waals surface area contributed by atoms with Gasteiger partial charge in [-0.25, -0.2) is 0 Å². The summed E-state index contributed by atoms with van der Waals surface area (Å²) in [5.74, 6) is 0.121. The van der Waals surface area contributed by atoms with Crippen LogP contribution in [0.2, 0.25) is 5.02 Å². The minimum Gasteiger partial charge on any atom is -0.506 e. The summed E-state index contributed by atoms with van der Waals surface area (Å²) in [6.45, 7) is 6.25. The van der Waals surface area contributed by atoms with E-state index in [1.807, 2.05) is 12.1 Å². The maximum atomic E-state index is 9.71. The Balaban J connectivity index is 2.16. The van der Waals surface area contributed by atoms with E-state index in [4.69, 9.17) is 11.6 Å². The number of benzene rings is 2.